The SMILES string of the molecule is Cc1ccc2c(=O)n(CC3CCCNC3)c(Cl)nc2c1. The summed E-state index contributed by atoms with van der Waals surface area (Å²) in [6, 6.07) is 5.67. The predicted octanol–water partition coefficient (Wildman–Crippen LogP) is 2.36. The fraction of sp³-hybridized carbons (Fsp3) is 0.467. The number of rotatable bonds is 2. The van der Waals surface area contributed by atoms with Crippen molar-refractivity contribution in [3.63, 3.8) is 0 Å². The largest absolute Gasteiger partial charge is 0.316 e. The average molecular weight is 292 g/mol. The van der Waals surface area contributed by atoms with Crippen molar-refractivity contribution >= 4 is 22.5 Å². The van der Waals surface area contributed by atoms with E-state index in [0.29, 0.717) is 28.6 Å². The molecule has 0 spiro atoms. The number of aryl methyl sites for hydroxylation is 1. The number of piperidine rings is 1. The highest BCUT2D eigenvalue weighted by Crippen LogP contribution is 2.17. The zero-order chi connectivity index (χ0) is 14.1. The second-order valence-corrected chi connectivity index (χ2v) is 5.87. The summed E-state index contributed by atoms with van der Waals surface area (Å²) in [5.41, 5.74) is 1.72. The number of fused-ring (bicyclic) bond motifs is 1. The van der Waals surface area contributed by atoms with E-state index in [0.717, 1.165) is 31.5 Å². The maximum atomic E-state index is 12.6. The monoisotopic (exact) mass is 291 g/mol. The minimum atomic E-state index is -0.0365. The molecule has 5 heteroatoms. The van der Waals surface area contributed by atoms with E-state index in [1.54, 1.807) is 4.57 Å². The van der Waals surface area contributed by atoms with E-state index in [2.05, 4.69) is 10.3 Å². The third-order valence-electron chi connectivity index (χ3n) is 3.90. The molecule has 1 aromatic carbocycles. The number of nitrogens with one attached hydrogen (secondary N) is 1. The molecule has 2 heterocycles. The van der Waals surface area contributed by atoms with Gasteiger partial charge >= 0.3 is 0 Å². The Morgan fingerprint density at radius 2 is 2.35 bits per heavy atom. The van der Waals surface area contributed by atoms with E-state index in [9.17, 15) is 4.79 Å². The molecule has 1 unspecified atom stereocenters. The van der Waals surface area contributed by atoms with E-state index < -0.39 is 0 Å². The third kappa shape index (κ3) is 2.58. The zero-order valence-electron chi connectivity index (χ0n) is 11.5. The van der Waals surface area contributed by atoms with Crippen molar-refractivity contribution in [1.29, 1.82) is 0 Å². The van der Waals surface area contributed by atoms with Crippen molar-refractivity contribution in [2.45, 2.75) is 26.3 Å². The molecule has 1 atom stereocenters. The molecule has 20 heavy (non-hydrogen) atoms. The Labute approximate surface area is 122 Å². The van der Waals surface area contributed by atoms with Gasteiger partial charge in [0, 0.05) is 6.54 Å². The molecule has 1 N–H and O–H groups in total. The fourth-order valence-corrected chi connectivity index (χ4v) is 3.04. The van der Waals surface area contributed by atoms with Crippen LogP contribution in [0.3, 0.4) is 0 Å². The summed E-state index contributed by atoms with van der Waals surface area (Å²) in [5.74, 6) is 0.448. The second-order valence-electron chi connectivity index (χ2n) is 5.53. The smallest absolute Gasteiger partial charge is 0.262 e. The number of benzene rings is 1. The quantitative estimate of drug-likeness (QED) is 0.864. The van der Waals surface area contributed by atoms with Crippen LogP contribution >= 0.6 is 11.6 Å². The molecule has 1 aromatic heterocycles. The van der Waals surface area contributed by atoms with Gasteiger partial charge in [-0.2, -0.15) is 0 Å². The molecule has 106 valence electrons. The van der Waals surface area contributed by atoms with Gasteiger partial charge in [0.15, 0.2) is 0 Å². The van der Waals surface area contributed by atoms with Crippen LogP contribution in [-0.4, -0.2) is 22.6 Å². The van der Waals surface area contributed by atoms with Gasteiger partial charge in [-0.05, 0) is 68.1 Å². The first-order valence-corrected chi connectivity index (χ1v) is 7.40. The topological polar surface area (TPSA) is 46.9 Å². The van der Waals surface area contributed by atoms with Gasteiger partial charge in [-0.3, -0.25) is 9.36 Å². The van der Waals surface area contributed by atoms with Gasteiger partial charge in [0.25, 0.3) is 5.56 Å². The first-order valence-electron chi connectivity index (χ1n) is 7.02. The summed E-state index contributed by atoms with van der Waals surface area (Å²) in [6.07, 6.45) is 2.28. The van der Waals surface area contributed by atoms with Crippen LogP contribution in [0.15, 0.2) is 23.0 Å². The molecule has 4 nitrogen and oxygen atoms in total. The second kappa shape index (κ2) is 5.54. The van der Waals surface area contributed by atoms with Gasteiger partial charge in [-0.15, -0.1) is 0 Å². The van der Waals surface area contributed by atoms with Crippen LogP contribution < -0.4 is 10.9 Å². The summed E-state index contributed by atoms with van der Waals surface area (Å²) in [4.78, 5) is 16.9. The van der Waals surface area contributed by atoms with E-state index in [1.165, 1.54) is 0 Å². The highest BCUT2D eigenvalue weighted by molar-refractivity contribution is 6.28. The van der Waals surface area contributed by atoms with E-state index in [-0.39, 0.29) is 5.56 Å². The highest BCUT2D eigenvalue weighted by Gasteiger charge is 2.17. The van der Waals surface area contributed by atoms with E-state index >= 15 is 0 Å². The average Bonchev–Trinajstić information content (AvgIpc) is 2.44. The third-order valence-corrected chi connectivity index (χ3v) is 4.19. The van der Waals surface area contributed by atoms with Gasteiger partial charge in [0.1, 0.15) is 0 Å². The minimum absolute atomic E-state index is 0.0365. The molecule has 0 saturated carbocycles. The molecule has 0 bridgehead atoms. The number of nitrogens with zero attached hydrogens (tertiary/aromatic N) is 2. The summed E-state index contributed by atoms with van der Waals surface area (Å²) in [7, 11) is 0. The molecule has 1 fully saturated rings. The first kappa shape index (κ1) is 13.6. The lowest BCUT2D eigenvalue weighted by Crippen LogP contribution is -2.35. The summed E-state index contributed by atoms with van der Waals surface area (Å²) >= 11 is 6.21. The van der Waals surface area contributed by atoms with Crippen LogP contribution in [0.1, 0.15) is 18.4 Å². The van der Waals surface area contributed by atoms with Crippen LogP contribution in [-0.2, 0) is 6.54 Å². The number of hydrogen-bond donors (Lipinski definition) is 1. The number of aromatic nitrogens is 2. The predicted molar refractivity (Wildman–Crippen MR) is 81.3 cm³/mol. The molecule has 3 rings (SSSR count). The van der Waals surface area contributed by atoms with Crippen LogP contribution in [0.4, 0.5) is 0 Å². The van der Waals surface area contributed by atoms with Crippen LogP contribution in [0.2, 0.25) is 5.28 Å². The lowest BCUT2D eigenvalue weighted by molar-refractivity contribution is 0.333. The van der Waals surface area contributed by atoms with Gasteiger partial charge in [-0.1, -0.05) is 6.07 Å². The lowest BCUT2D eigenvalue weighted by Gasteiger charge is -2.23. The molecule has 0 aliphatic carbocycles. The van der Waals surface area contributed by atoms with Crippen LogP contribution in [0, 0.1) is 12.8 Å². The molecule has 0 amide bonds. The summed E-state index contributed by atoms with van der Waals surface area (Å²) in [5, 5.41) is 4.29. The van der Waals surface area contributed by atoms with E-state index in [1.807, 2.05) is 25.1 Å². The van der Waals surface area contributed by atoms with Crippen molar-refractivity contribution < 1.29 is 0 Å². The Balaban J connectivity index is 2.02. The molecular formula is C15H18ClN3O. The Morgan fingerprint density at radius 1 is 1.50 bits per heavy atom. The Hall–Kier alpha value is -1.39. The van der Waals surface area contributed by atoms with Crippen molar-refractivity contribution in [1.82, 2.24) is 14.9 Å². The number of hydrogen-bond acceptors (Lipinski definition) is 3. The standard InChI is InChI=1S/C15H18ClN3O/c1-10-4-5-12-13(7-10)18-15(16)19(14(12)20)9-11-3-2-6-17-8-11/h4-5,7,11,17H,2-3,6,8-9H2,1H3. The maximum Gasteiger partial charge on any atom is 0.262 e. The lowest BCUT2D eigenvalue weighted by atomic mass is 10.00. The Bertz CT molecular complexity index is 689. The summed E-state index contributed by atoms with van der Waals surface area (Å²) < 4.78 is 1.61. The van der Waals surface area contributed by atoms with Crippen molar-refractivity contribution in [3.05, 3.63) is 39.4 Å². The van der Waals surface area contributed by atoms with Gasteiger partial charge < -0.3 is 5.32 Å². The van der Waals surface area contributed by atoms with Crippen LogP contribution in [0.25, 0.3) is 10.9 Å². The molecular weight excluding hydrogens is 274 g/mol. The van der Waals surface area contributed by atoms with Crippen molar-refractivity contribution in [3.8, 4) is 0 Å². The maximum absolute atomic E-state index is 12.6. The molecule has 1 saturated heterocycles. The summed E-state index contributed by atoms with van der Waals surface area (Å²) in [6.45, 7) is 4.62. The minimum Gasteiger partial charge on any atom is -0.316 e. The van der Waals surface area contributed by atoms with Gasteiger partial charge in [-0.25, -0.2) is 4.98 Å². The zero-order valence-corrected chi connectivity index (χ0v) is 12.3. The Morgan fingerprint density at radius 3 is 3.10 bits per heavy atom. The highest BCUT2D eigenvalue weighted by atomic mass is 35.5. The van der Waals surface area contributed by atoms with Crippen molar-refractivity contribution in [2.24, 2.45) is 5.92 Å². The normalized spacial score (nSPS) is 19.4. The molecule has 0 radical (unpaired) electrons. The molecule has 1 aliphatic rings. The molecule has 1 aliphatic heterocycles. The molecule has 2 aromatic rings. The van der Waals surface area contributed by atoms with E-state index in [4.69, 9.17) is 11.6 Å². The number of halogens is 1. The fourth-order valence-electron chi connectivity index (χ4n) is 2.80. The Kier molecular flexibility index (Phi) is 3.76. The first-order chi connectivity index (χ1) is 9.65. The van der Waals surface area contributed by atoms with Crippen molar-refractivity contribution in [2.75, 3.05) is 13.1 Å². The van der Waals surface area contributed by atoms with Crippen LogP contribution in [0.5, 0.6) is 0 Å². The van der Waals surface area contributed by atoms with Gasteiger partial charge in [0.05, 0.1) is 10.9 Å². The van der Waals surface area contributed by atoms with Gasteiger partial charge in [0.2, 0.25) is 5.28 Å².